The molecule has 0 aliphatic rings. The second kappa shape index (κ2) is 6.56. The van der Waals surface area contributed by atoms with Gasteiger partial charge in [-0.25, -0.2) is 14.4 Å². The van der Waals surface area contributed by atoms with Crippen LogP contribution in [0.25, 0.3) is 33.5 Å². The molecular formula is C20H10F4N2O2. The number of carbonyl (C=O) groups is 1. The summed E-state index contributed by atoms with van der Waals surface area (Å²) in [4.78, 5) is 18.9. The highest BCUT2D eigenvalue weighted by atomic mass is 19.4. The van der Waals surface area contributed by atoms with Crippen LogP contribution in [0.2, 0.25) is 0 Å². The second-order valence-electron chi connectivity index (χ2n) is 5.97. The van der Waals surface area contributed by atoms with Crippen molar-refractivity contribution in [3.63, 3.8) is 0 Å². The minimum Gasteiger partial charge on any atom is -0.453 e. The van der Waals surface area contributed by atoms with E-state index in [2.05, 4.69) is 9.97 Å². The lowest BCUT2D eigenvalue weighted by Gasteiger charge is -2.11. The Bertz CT molecular complexity index is 1200. The van der Waals surface area contributed by atoms with E-state index in [4.69, 9.17) is 4.42 Å². The van der Waals surface area contributed by atoms with Crippen LogP contribution in [-0.2, 0) is 6.18 Å². The molecule has 0 radical (unpaired) electrons. The highest BCUT2D eigenvalue weighted by Crippen LogP contribution is 2.35. The summed E-state index contributed by atoms with van der Waals surface area (Å²) in [5.41, 5.74) is -0.109. The topological polar surface area (TPSA) is 56.0 Å². The molecule has 28 heavy (non-hydrogen) atoms. The van der Waals surface area contributed by atoms with Gasteiger partial charge >= 0.3 is 6.18 Å². The Morgan fingerprint density at radius 2 is 1.82 bits per heavy atom. The van der Waals surface area contributed by atoms with Crippen molar-refractivity contribution in [1.82, 2.24) is 9.97 Å². The number of fused-ring (bicyclic) bond motifs is 1. The number of aldehydes is 1. The Balaban J connectivity index is 1.93. The van der Waals surface area contributed by atoms with Crippen molar-refractivity contribution in [2.75, 3.05) is 0 Å². The third-order valence-electron chi connectivity index (χ3n) is 4.20. The molecule has 0 unspecified atom stereocenters. The van der Waals surface area contributed by atoms with Gasteiger partial charge in [0.25, 0.3) is 0 Å². The van der Waals surface area contributed by atoms with E-state index >= 15 is 0 Å². The monoisotopic (exact) mass is 386 g/mol. The van der Waals surface area contributed by atoms with E-state index in [0.717, 1.165) is 24.5 Å². The first kappa shape index (κ1) is 17.8. The van der Waals surface area contributed by atoms with Gasteiger partial charge < -0.3 is 4.42 Å². The SMILES string of the molecule is O=Cc1ccc(-c2cc3c(-c4cccc(C(F)(F)F)c4)ncnc3cc2F)o1. The van der Waals surface area contributed by atoms with Gasteiger partial charge in [-0.2, -0.15) is 13.2 Å². The molecule has 8 heteroatoms. The first-order valence-corrected chi connectivity index (χ1v) is 8.04. The van der Waals surface area contributed by atoms with Gasteiger partial charge in [-0.1, -0.05) is 12.1 Å². The van der Waals surface area contributed by atoms with Gasteiger partial charge in [-0.3, -0.25) is 4.79 Å². The van der Waals surface area contributed by atoms with Gasteiger partial charge in [-0.05, 0) is 30.3 Å². The van der Waals surface area contributed by atoms with E-state index in [-0.39, 0.29) is 33.9 Å². The fourth-order valence-corrected chi connectivity index (χ4v) is 2.90. The summed E-state index contributed by atoms with van der Waals surface area (Å²) in [7, 11) is 0. The van der Waals surface area contributed by atoms with E-state index in [1.54, 1.807) is 0 Å². The molecule has 0 bridgehead atoms. The molecule has 0 amide bonds. The van der Waals surface area contributed by atoms with Crippen LogP contribution in [0, 0.1) is 5.82 Å². The smallest absolute Gasteiger partial charge is 0.416 e. The molecule has 140 valence electrons. The maximum absolute atomic E-state index is 14.5. The molecule has 2 heterocycles. The molecule has 4 aromatic rings. The van der Waals surface area contributed by atoms with Crippen molar-refractivity contribution in [3.05, 3.63) is 72.0 Å². The molecule has 0 aliphatic heterocycles. The first-order valence-electron chi connectivity index (χ1n) is 8.04. The van der Waals surface area contributed by atoms with Crippen LogP contribution in [-0.4, -0.2) is 16.3 Å². The summed E-state index contributed by atoms with van der Waals surface area (Å²) in [6.07, 6.45) is -2.86. The highest BCUT2D eigenvalue weighted by molar-refractivity contribution is 5.95. The van der Waals surface area contributed by atoms with Crippen molar-refractivity contribution in [2.45, 2.75) is 6.18 Å². The maximum Gasteiger partial charge on any atom is 0.416 e. The van der Waals surface area contributed by atoms with Crippen LogP contribution in [0.4, 0.5) is 17.6 Å². The molecule has 0 aliphatic carbocycles. The molecule has 4 nitrogen and oxygen atoms in total. The second-order valence-corrected chi connectivity index (χ2v) is 5.97. The van der Waals surface area contributed by atoms with Crippen molar-refractivity contribution in [3.8, 4) is 22.6 Å². The van der Waals surface area contributed by atoms with Crippen molar-refractivity contribution in [2.24, 2.45) is 0 Å². The summed E-state index contributed by atoms with van der Waals surface area (Å²) < 4.78 is 58.9. The molecule has 0 N–H and O–H groups in total. The first-order chi connectivity index (χ1) is 13.4. The number of alkyl halides is 3. The Hall–Kier alpha value is -3.55. The number of hydrogen-bond acceptors (Lipinski definition) is 4. The lowest BCUT2D eigenvalue weighted by atomic mass is 10.0. The minimum absolute atomic E-state index is 0.0249. The van der Waals surface area contributed by atoms with Gasteiger partial charge in [0, 0.05) is 17.0 Å². The van der Waals surface area contributed by atoms with Gasteiger partial charge in [0.2, 0.25) is 0 Å². The van der Waals surface area contributed by atoms with Crippen LogP contribution >= 0.6 is 0 Å². The standard InChI is InChI=1S/C20H10F4N2O2/c21-16-8-17-15(7-14(16)18-5-4-13(9-27)28-18)19(26-10-25-17)11-2-1-3-12(6-11)20(22,23)24/h1-10H. The van der Waals surface area contributed by atoms with Gasteiger partial charge in [0.15, 0.2) is 12.0 Å². The van der Waals surface area contributed by atoms with Gasteiger partial charge in [-0.15, -0.1) is 0 Å². The average molecular weight is 386 g/mol. The van der Waals surface area contributed by atoms with Crippen molar-refractivity contribution >= 4 is 17.2 Å². The predicted molar refractivity (Wildman–Crippen MR) is 93.0 cm³/mol. The largest absolute Gasteiger partial charge is 0.453 e. The van der Waals surface area contributed by atoms with Crippen molar-refractivity contribution < 1.29 is 26.8 Å². The minimum atomic E-state index is -4.50. The zero-order chi connectivity index (χ0) is 19.9. The van der Waals surface area contributed by atoms with Crippen molar-refractivity contribution in [1.29, 1.82) is 0 Å². The third kappa shape index (κ3) is 3.13. The lowest BCUT2D eigenvalue weighted by molar-refractivity contribution is -0.137. The predicted octanol–water partition coefficient (Wildman–Crippen LogP) is 5.53. The van der Waals surface area contributed by atoms with Crippen LogP contribution in [0.1, 0.15) is 16.1 Å². The van der Waals surface area contributed by atoms with E-state index < -0.39 is 17.6 Å². The lowest BCUT2D eigenvalue weighted by Crippen LogP contribution is -2.04. The van der Waals surface area contributed by atoms with E-state index in [9.17, 15) is 22.4 Å². The third-order valence-corrected chi connectivity index (χ3v) is 4.20. The molecule has 2 aromatic carbocycles. The van der Waals surface area contributed by atoms with E-state index in [0.29, 0.717) is 11.7 Å². The summed E-state index contributed by atoms with van der Waals surface area (Å²) in [5, 5.41) is 0.349. The summed E-state index contributed by atoms with van der Waals surface area (Å²) in [5.74, 6) is -0.509. The number of hydrogen-bond donors (Lipinski definition) is 0. The summed E-state index contributed by atoms with van der Waals surface area (Å²) in [6.45, 7) is 0. The Labute approximate surface area is 155 Å². The fraction of sp³-hybridized carbons (Fsp3) is 0.0500. The molecule has 0 fully saturated rings. The fourth-order valence-electron chi connectivity index (χ4n) is 2.90. The molecule has 0 atom stereocenters. The number of rotatable bonds is 3. The maximum atomic E-state index is 14.5. The zero-order valence-electron chi connectivity index (χ0n) is 14.0. The molecule has 0 saturated carbocycles. The highest BCUT2D eigenvalue weighted by Gasteiger charge is 2.30. The molecule has 4 rings (SSSR count). The summed E-state index contributed by atoms with van der Waals surface area (Å²) in [6, 6.07) is 10.1. The van der Waals surface area contributed by atoms with Crippen LogP contribution in [0.15, 0.2) is 59.3 Å². The molecule has 0 spiro atoms. The molecule has 2 aromatic heterocycles. The van der Waals surface area contributed by atoms with E-state index in [1.807, 2.05) is 0 Å². The number of furan rings is 1. The zero-order valence-corrected chi connectivity index (χ0v) is 14.0. The Kier molecular flexibility index (Phi) is 4.18. The number of aromatic nitrogens is 2. The Morgan fingerprint density at radius 3 is 2.54 bits per heavy atom. The number of nitrogens with zero attached hydrogens (tertiary/aromatic N) is 2. The van der Waals surface area contributed by atoms with Crippen LogP contribution in [0.3, 0.4) is 0 Å². The summed E-state index contributed by atoms with van der Waals surface area (Å²) >= 11 is 0. The number of benzene rings is 2. The van der Waals surface area contributed by atoms with Gasteiger partial charge in [0.1, 0.15) is 17.9 Å². The molecular weight excluding hydrogens is 376 g/mol. The van der Waals surface area contributed by atoms with E-state index in [1.165, 1.54) is 30.3 Å². The van der Waals surface area contributed by atoms with Gasteiger partial charge in [0.05, 0.1) is 22.3 Å². The quantitative estimate of drug-likeness (QED) is 0.343. The number of carbonyl (C=O) groups excluding carboxylic acids is 1. The molecule has 0 saturated heterocycles. The van der Waals surface area contributed by atoms with Crippen LogP contribution in [0.5, 0.6) is 0 Å². The average Bonchev–Trinajstić information content (AvgIpc) is 3.15. The Morgan fingerprint density at radius 1 is 1.00 bits per heavy atom. The normalized spacial score (nSPS) is 11.7. The van der Waals surface area contributed by atoms with Crippen LogP contribution < -0.4 is 0 Å². The number of halogens is 4.